The highest BCUT2D eigenvalue weighted by molar-refractivity contribution is 5.82. The summed E-state index contributed by atoms with van der Waals surface area (Å²) in [4.78, 5) is 10.0. The zero-order chi connectivity index (χ0) is 18.0. The van der Waals surface area contributed by atoms with Crippen LogP contribution in [-0.2, 0) is 4.74 Å². The van der Waals surface area contributed by atoms with Gasteiger partial charge in [0.05, 0.1) is 19.8 Å². The topological polar surface area (TPSA) is 40.1 Å². The van der Waals surface area contributed by atoms with Gasteiger partial charge in [-0.2, -0.15) is 0 Å². The van der Waals surface area contributed by atoms with E-state index in [-0.39, 0.29) is 5.54 Å². The molecule has 140 valence electrons. The van der Waals surface area contributed by atoms with Crippen LogP contribution < -0.4 is 5.32 Å². The normalized spacial score (nSPS) is 25.5. The van der Waals surface area contributed by atoms with Crippen LogP contribution in [0, 0.1) is 11.3 Å². The van der Waals surface area contributed by atoms with Crippen molar-refractivity contribution in [1.82, 2.24) is 15.1 Å². The van der Waals surface area contributed by atoms with E-state index in [1.807, 2.05) is 0 Å². The molecule has 1 unspecified atom stereocenters. The van der Waals surface area contributed by atoms with Crippen molar-refractivity contribution >= 4 is 5.96 Å². The molecule has 2 saturated heterocycles. The Hall–Kier alpha value is -0.810. The molecule has 0 amide bonds. The minimum atomic E-state index is 0.139. The molecule has 2 heterocycles. The highest BCUT2D eigenvalue weighted by atomic mass is 16.5. The number of likely N-dealkylation sites (tertiary alicyclic amines) is 1. The summed E-state index contributed by atoms with van der Waals surface area (Å²) in [5, 5.41) is 3.51. The zero-order valence-electron chi connectivity index (χ0n) is 16.9. The van der Waals surface area contributed by atoms with E-state index in [0.29, 0.717) is 17.4 Å². The van der Waals surface area contributed by atoms with Gasteiger partial charge in [0, 0.05) is 43.2 Å². The number of nitrogens with one attached hydrogen (secondary N) is 1. The summed E-state index contributed by atoms with van der Waals surface area (Å²) < 4.78 is 5.51. The van der Waals surface area contributed by atoms with Crippen molar-refractivity contribution in [1.29, 1.82) is 0 Å². The Morgan fingerprint density at radius 3 is 2.25 bits per heavy atom. The zero-order valence-corrected chi connectivity index (χ0v) is 16.9. The Morgan fingerprint density at radius 2 is 1.79 bits per heavy atom. The fraction of sp³-hybridized carbons (Fsp3) is 0.947. The van der Waals surface area contributed by atoms with Gasteiger partial charge in [-0.1, -0.05) is 27.7 Å². The molecule has 2 rings (SSSR count). The molecule has 0 bridgehead atoms. The summed E-state index contributed by atoms with van der Waals surface area (Å²) in [7, 11) is 0. The lowest BCUT2D eigenvalue weighted by atomic mass is 9.65. The smallest absolute Gasteiger partial charge is 0.194 e. The third kappa shape index (κ3) is 3.88. The number of ether oxygens (including phenoxy) is 1. The first-order chi connectivity index (χ1) is 11.2. The third-order valence-corrected chi connectivity index (χ3v) is 6.19. The number of morpholine rings is 1. The van der Waals surface area contributed by atoms with Crippen LogP contribution in [0.2, 0.25) is 0 Å². The highest BCUT2D eigenvalue weighted by Crippen LogP contribution is 2.46. The van der Waals surface area contributed by atoms with Crippen LogP contribution in [-0.4, -0.2) is 73.3 Å². The van der Waals surface area contributed by atoms with Gasteiger partial charge in [-0.05, 0) is 26.7 Å². The molecule has 0 spiro atoms. The lowest BCUT2D eigenvalue weighted by Crippen LogP contribution is -2.72. The molecule has 5 nitrogen and oxygen atoms in total. The molecule has 0 aromatic heterocycles. The van der Waals surface area contributed by atoms with Crippen LogP contribution in [0.25, 0.3) is 0 Å². The highest BCUT2D eigenvalue weighted by Gasteiger charge is 2.53. The second-order valence-electron chi connectivity index (χ2n) is 8.68. The monoisotopic (exact) mass is 338 g/mol. The minimum Gasteiger partial charge on any atom is -0.379 e. The quantitative estimate of drug-likeness (QED) is 0.617. The van der Waals surface area contributed by atoms with E-state index in [0.717, 1.165) is 51.9 Å². The van der Waals surface area contributed by atoms with Crippen molar-refractivity contribution in [3.63, 3.8) is 0 Å². The molecular formula is C19H38N4O. The number of hydrogen-bond donors (Lipinski definition) is 1. The lowest BCUT2D eigenvalue weighted by Gasteiger charge is -2.62. The molecule has 0 aromatic carbocycles. The van der Waals surface area contributed by atoms with Crippen molar-refractivity contribution in [3.8, 4) is 0 Å². The summed E-state index contributed by atoms with van der Waals surface area (Å²) in [6.07, 6.45) is 0. The average Bonchev–Trinajstić information content (AvgIpc) is 2.52. The van der Waals surface area contributed by atoms with Crippen LogP contribution >= 0.6 is 0 Å². The van der Waals surface area contributed by atoms with Crippen LogP contribution in [0.5, 0.6) is 0 Å². The summed E-state index contributed by atoms with van der Waals surface area (Å²) >= 11 is 0. The first-order valence-corrected chi connectivity index (χ1v) is 9.58. The van der Waals surface area contributed by atoms with Gasteiger partial charge in [-0.25, -0.2) is 0 Å². The van der Waals surface area contributed by atoms with Crippen LogP contribution in [0.3, 0.4) is 0 Å². The first kappa shape index (κ1) is 19.5. The van der Waals surface area contributed by atoms with Crippen LogP contribution in [0.4, 0.5) is 0 Å². The summed E-state index contributed by atoms with van der Waals surface area (Å²) in [5.41, 5.74) is 0.463. The van der Waals surface area contributed by atoms with E-state index < -0.39 is 0 Å². The Bertz CT molecular complexity index is 439. The van der Waals surface area contributed by atoms with E-state index in [1.54, 1.807) is 0 Å². The van der Waals surface area contributed by atoms with Crippen LogP contribution in [0.1, 0.15) is 48.5 Å². The summed E-state index contributed by atoms with van der Waals surface area (Å²) in [6.45, 7) is 22.7. The van der Waals surface area contributed by atoms with Crippen molar-refractivity contribution in [2.75, 3.05) is 45.9 Å². The molecule has 1 atom stereocenters. The molecule has 5 heteroatoms. The SMILES string of the molecule is CCNC(=NCC(C(C)C)N1CCOCC1)N1CC(C)(C)C1(C)C. The second-order valence-corrected chi connectivity index (χ2v) is 8.68. The Balaban J connectivity index is 2.09. The largest absolute Gasteiger partial charge is 0.379 e. The number of rotatable bonds is 5. The number of hydrogen-bond acceptors (Lipinski definition) is 3. The predicted molar refractivity (Wildman–Crippen MR) is 102 cm³/mol. The van der Waals surface area contributed by atoms with E-state index in [1.165, 1.54) is 0 Å². The molecule has 0 aromatic rings. The molecule has 0 radical (unpaired) electrons. The Morgan fingerprint density at radius 1 is 1.17 bits per heavy atom. The van der Waals surface area contributed by atoms with Gasteiger partial charge in [0.2, 0.25) is 0 Å². The maximum absolute atomic E-state index is 5.51. The van der Waals surface area contributed by atoms with E-state index >= 15 is 0 Å². The maximum Gasteiger partial charge on any atom is 0.194 e. The molecule has 0 saturated carbocycles. The number of aliphatic imine (C=N–C) groups is 1. The van der Waals surface area contributed by atoms with Gasteiger partial charge in [0.15, 0.2) is 5.96 Å². The van der Waals surface area contributed by atoms with Gasteiger partial charge < -0.3 is 15.0 Å². The number of nitrogens with zero attached hydrogens (tertiary/aromatic N) is 3. The van der Waals surface area contributed by atoms with E-state index in [9.17, 15) is 0 Å². The molecule has 0 aliphatic carbocycles. The third-order valence-electron chi connectivity index (χ3n) is 6.19. The minimum absolute atomic E-state index is 0.139. The van der Waals surface area contributed by atoms with E-state index in [4.69, 9.17) is 9.73 Å². The van der Waals surface area contributed by atoms with Gasteiger partial charge in [-0.3, -0.25) is 9.89 Å². The molecule has 1 N–H and O–H groups in total. The Kier molecular flexibility index (Phi) is 6.19. The van der Waals surface area contributed by atoms with Crippen molar-refractivity contribution < 1.29 is 4.74 Å². The van der Waals surface area contributed by atoms with E-state index in [2.05, 4.69) is 63.6 Å². The fourth-order valence-corrected chi connectivity index (χ4v) is 3.63. The van der Waals surface area contributed by atoms with Crippen LogP contribution in [0.15, 0.2) is 4.99 Å². The van der Waals surface area contributed by atoms with Gasteiger partial charge in [0.25, 0.3) is 0 Å². The summed E-state index contributed by atoms with van der Waals surface area (Å²) in [5.74, 6) is 1.66. The predicted octanol–water partition coefficient (Wildman–Crippen LogP) is 2.43. The molecule has 2 aliphatic rings. The maximum atomic E-state index is 5.51. The van der Waals surface area contributed by atoms with Crippen molar-refractivity contribution in [3.05, 3.63) is 0 Å². The molecule has 24 heavy (non-hydrogen) atoms. The average molecular weight is 339 g/mol. The molecular weight excluding hydrogens is 300 g/mol. The second kappa shape index (κ2) is 7.61. The fourth-order valence-electron chi connectivity index (χ4n) is 3.63. The van der Waals surface area contributed by atoms with Crippen molar-refractivity contribution in [2.45, 2.75) is 60.0 Å². The first-order valence-electron chi connectivity index (χ1n) is 9.58. The Labute approximate surface area is 148 Å². The van der Waals surface area contributed by atoms with Gasteiger partial charge in [0.1, 0.15) is 0 Å². The standard InChI is InChI=1S/C19H38N4O/c1-8-20-17(23-14-18(4,5)19(23,6)7)21-13-16(15(2)3)22-9-11-24-12-10-22/h15-16H,8-14H2,1-7H3,(H,20,21). The summed E-state index contributed by atoms with van der Waals surface area (Å²) in [6, 6.07) is 0.486. The van der Waals surface area contributed by atoms with Crippen molar-refractivity contribution in [2.24, 2.45) is 16.3 Å². The molecule has 2 fully saturated rings. The van der Waals surface area contributed by atoms with Gasteiger partial charge in [-0.15, -0.1) is 0 Å². The molecule has 2 aliphatic heterocycles. The lowest BCUT2D eigenvalue weighted by molar-refractivity contribution is -0.0669. The number of guanidine groups is 1. The van der Waals surface area contributed by atoms with Gasteiger partial charge >= 0.3 is 0 Å².